The maximum Gasteiger partial charge on any atom is 0.123 e. The van der Waals surface area contributed by atoms with Gasteiger partial charge < -0.3 is 10.1 Å². The molecule has 3 rings (SSSR count). The molecule has 1 aliphatic rings. The van der Waals surface area contributed by atoms with Gasteiger partial charge in [0.15, 0.2) is 0 Å². The zero-order chi connectivity index (χ0) is 13.9. The molecule has 0 saturated carbocycles. The van der Waals surface area contributed by atoms with Crippen LogP contribution in [0.5, 0.6) is 0 Å². The molecule has 0 radical (unpaired) electrons. The summed E-state index contributed by atoms with van der Waals surface area (Å²) in [5.74, 6) is -0.220. The van der Waals surface area contributed by atoms with Gasteiger partial charge in [0.2, 0.25) is 0 Å². The quantitative estimate of drug-likeness (QED) is 0.939. The van der Waals surface area contributed by atoms with Crippen LogP contribution in [0.3, 0.4) is 0 Å². The largest absolute Gasteiger partial charge is 0.377 e. The first-order chi connectivity index (χ1) is 9.72. The number of ether oxygens (including phenoxy) is 1. The molecule has 0 amide bonds. The lowest BCUT2D eigenvalue weighted by molar-refractivity contribution is 0.113. The maximum atomic E-state index is 12.9. The van der Waals surface area contributed by atoms with E-state index in [1.165, 1.54) is 12.1 Å². The molecule has 0 spiro atoms. The Morgan fingerprint density at radius 1 is 1.40 bits per heavy atom. The van der Waals surface area contributed by atoms with Gasteiger partial charge in [-0.3, -0.25) is 0 Å². The van der Waals surface area contributed by atoms with Crippen LogP contribution in [-0.4, -0.2) is 23.7 Å². The SMILES string of the molecule is CC1OCCC1NCc1csc(-c2ccc(F)cc2)n1. The Morgan fingerprint density at radius 3 is 2.90 bits per heavy atom. The van der Waals surface area contributed by atoms with Gasteiger partial charge in [-0.1, -0.05) is 0 Å². The van der Waals surface area contributed by atoms with E-state index in [1.54, 1.807) is 23.5 Å². The van der Waals surface area contributed by atoms with Gasteiger partial charge in [-0.05, 0) is 37.6 Å². The van der Waals surface area contributed by atoms with Crippen LogP contribution in [0, 0.1) is 5.82 Å². The molecule has 1 saturated heterocycles. The van der Waals surface area contributed by atoms with Crippen LogP contribution in [0.2, 0.25) is 0 Å². The number of nitrogens with zero attached hydrogens (tertiary/aromatic N) is 1. The van der Waals surface area contributed by atoms with Crippen LogP contribution in [0.1, 0.15) is 19.0 Å². The third-order valence-electron chi connectivity index (χ3n) is 3.56. The van der Waals surface area contributed by atoms with Crippen molar-refractivity contribution in [3.8, 4) is 10.6 Å². The van der Waals surface area contributed by atoms with E-state index in [0.717, 1.165) is 35.8 Å². The molecule has 1 fully saturated rings. The van der Waals surface area contributed by atoms with Crippen molar-refractivity contribution >= 4 is 11.3 Å². The molecule has 2 aromatic rings. The minimum absolute atomic E-state index is 0.220. The summed E-state index contributed by atoms with van der Waals surface area (Å²) >= 11 is 1.59. The minimum atomic E-state index is -0.220. The molecule has 0 bridgehead atoms. The number of hydrogen-bond acceptors (Lipinski definition) is 4. The van der Waals surface area contributed by atoms with Crippen molar-refractivity contribution in [2.45, 2.75) is 32.0 Å². The standard InChI is InChI=1S/C15H17FN2OS/c1-10-14(6-7-19-10)17-8-13-9-20-15(18-13)11-2-4-12(16)5-3-11/h2-5,9-10,14,17H,6-8H2,1H3. The van der Waals surface area contributed by atoms with E-state index in [-0.39, 0.29) is 11.9 Å². The third-order valence-corrected chi connectivity index (χ3v) is 4.50. The van der Waals surface area contributed by atoms with Gasteiger partial charge in [0.05, 0.1) is 11.8 Å². The van der Waals surface area contributed by atoms with E-state index in [2.05, 4.69) is 17.2 Å². The Morgan fingerprint density at radius 2 is 2.20 bits per heavy atom. The highest BCUT2D eigenvalue weighted by molar-refractivity contribution is 7.13. The van der Waals surface area contributed by atoms with Gasteiger partial charge >= 0.3 is 0 Å². The summed E-state index contributed by atoms with van der Waals surface area (Å²) in [4.78, 5) is 4.59. The maximum absolute atomic E-state index is 12.9. The normalized spacial score (nSPS) is 22.3. The average molecular weight is 292 g/mol. The first kappa shape index (κ1) is 13.7. The summed E-state index contributed by atoms with van der Waals surface area (Å²) in [7, 11) is 0. The van der Waals surface area contributed by atoms with Crippen molar-refractivity contribution < 1.29 is 9.13 Å². The number of hydrogen-bond donors (Lipinski definition) is 1. The molecule has 2 unspecified atom stereocenters. The average Bonchev–Trinajstić information content (AvgIpc) is 3.06. The number of aromatic nitrogens is 1. The molecule has 1 aromatic heterocycles. The monoisotopic (exact) mass is 292 g/mol. The molecular formula is C15H17FN2OS. The van der Waals surface area contributed by atoms with E-state index >= 15 is 0 Å². The zero-order valence-corrected chi connectivity index (χ0v) is 12.1. The van der Waals surface area contributed by atoms with E-state index in [1.807, 2.05) is 5.38 Å². The molecule has 3 nitrogen and oxygen atoms in total. The predicted molar refractivity (Wildman–Crippen MR) is 78.2 cm³/mol. The lowest BCUT2D eigenvalue weighted by atomic mass is 10.1. The number of nitrogens with one attached hydrogen (secondary N) is 1. The second-order valence-corrected chi connectivity index (χ2v) is 5.86. The summed E-state index contributed by atoms with van der Waals surface area (Å²) in [5, 5.41) is 6.46. The summed E-state index contributed by atoms with van der Waals surface area (Å²) in [6.45, 7) is 3.67. The van der Waals surface area contributed by atoms with E-state index in [9.17, 15) is 4.39 Å². The van der Waals surface area contributed by atoms with E-state index in [0.29, 0.717) is 6.04 Å². The number of benzene rings is 1. The van der Waals surface area contributed by atoms with E-state index in [4.69, 9.17) is 4.74 Å². The lowest BCUT2D eigenvalue weighted by Crippen LogP contribution is -2.34. The van der Waals surface area contributed by atoms with Crippen molar-refractivity contribution in [3.63, 3.8) is 0 Å². The predicted octanol–water partition coefficient (Wildman–Crippen LogP) is 3.22. The topological polar surface area (TPSA) is 34.1 Å². The lowest BCUT2D eigenvalue weighted by Gasteiger charge is -2.14. The Balaban J connectivity index is 1.63. The summed E-state index contributed by atoms with van der Waals surface area (Å²) < 4.78 is 18.4. The van der Waals surface area contributed by atoms with Gasteiger partial charge in [-0.15, -0.1) is 11.3 Å². The number of rotatable bonds is 4. The smallest absolute Gasteiger partial charge is 0.123 e. The summed E-state index contributed by atoms with van der Waals surface area (Å²) in [6, 6.07) is 6.86. The highest BCUT2D eigenvalue weighted by atomic mass is 32.1. The Hall–Kier alpha value is -1.30. The van der Waals surface area contributed by atoms with Gasteiger partial charge in [0.25, 0.3) is 0 Å². The molecule has 1 N–H and O–H groups in total. The van der Waals surface area contributed by atoms with Gasteiger partial charge in [-0.2, -0.15) is 0 Å². The van der Waals surface area contributed by atoms with Crippen molar-refractivity contribution in [2.75, 3.05) is 6.61 Å². The Kier molecular flexibility index (Phi) is 4.10. The van der Waals surface area contributed by atoms with Crippen molar-refractivity contribution in [1.82, 2.24) is 10.3 Å². The van der Waals surface area contributed by atoms with Crippen molar-refractivity contribution in [2.24, 2.45) is 0 Å². The molecule has 2 atom stereocenters. The van der Waals surface area contributed by atoms with Crippen LogP contribution >= 0.6 is 11.3 Å². The highest BCUT2D eigenvalue weighted by Crippen LogP contribution is 2.24. The molecule has 0 aliphatic carbocycles. The van der Waals surface area contributed by atoms with Crippen LogP contribution in [0.15, 0.2) is 29.6 Å². The number of thiazole rings is 1. The number of halogens is 1. The molecule has 5 heteroatoms. The fourth-order valence-electron chi connectivity index (χ4n) is 2.35. The van der Waals surface area contributed by atoms with Crippen molar-refractivity contribution in [1.29, 1.82) is 0 Å². The van der Waals surface area contributed by atoms with Crippen LogP contribution < -0.4 is 5.32 Å². The first-order valence-corrected chi connectivity index (χ1v) is 7.65. The molecule has 106 valence electrons. The van der Waals surface area contributed by atoms with E-state index < -0.39 is 0 Å². The second-order valence-electron chi connectivity index (χ2n) is 5.00. The zero-order valence-electron chi connectivity index (χ0n) is 11.3. The first-order valence-electron chi connectivity index (χ1n) is 6.78. The van der Waals surface area contributed by atoms with Gasteiger partial charge in [0.1, 0.15) is 10.8 Å². The fourth-order valence-corrected chi connectivity index (χ4v) is 3.17. The van der Waals surface area contributed by atoms with Crippen molar-refractivity contribution in [3.05, 3.63) is 41.2 Å². The summed E-state index contributed by atoms with van der Waals surface area (Å²) in [5.41, 5.74) is 1.98. The fraction of sp³-hybridized carbons (Fsp3) is 0.400. The molecule has 1 aromatic carbocycles. The Bertz CT molecular complexity index is 570. The second kappa shape index (κ2) is 5.99. The minimum Gasteiger partial charge on any atom is -0.377 e. The molecular weight excluding hydrogens is 275 g/mol. The Labute approximate surface area is 121 Å². The third kappa shape index (κ3) is 3.06. The molecule has 1 aliphatic heterocycles. The van der Waals surface area contributed by atoms with Gasteiger partial charge in [-0.25, -0.2) is 9.37 Å². The molecule has 2 heterocycles. The molecule has 20 heavy (non-hydrogen) atoms. The highest BCUT2D eigenvalue weighted by Gasteiger charge is 2.23. The van der Waals surface area contributed by atoms with Crippen LogP contribution in [0.25, 0.3) is 10.6 Å². The summed E-state index contributed by atoms with van der Waals surface area (Å²) in [6.07, 6.45) is 1.32. The van der Waals surface area contributed by atoms with Crippen LogP contribution in [-0.2, 0) is 11.3 Å². The van der Waals surface area contributed by atoms with Gasteiger partial charge in [0, 0.05) is 30.1 Å². The van der Waals surface area contributed by atoms with Crippen LogP contribution in [0.4, 0.5) is 4.39 Å².